The highest BCUT2D eigenvalue weighted by Crippen LogP contribution is 2.09. The first-order valence-electron chi connectivity index (χ1n) is 5.23. The first kappa shape index (κ1) is 14.9. The Morgan fingerprint density at radius 1 is 1.38 bits per heavy atom. The van der Waals surface area contributed by atoms with Gasteiger partial charge in [0.05, 0.1) is 13.2 Å². The third-order valence-corrected chi connectivity index (χ3v) is 2.39. The standard InChI is InChI=1S/C10H21N3O3/c1-5-11-9(16)12-8(15)6-13(4)10(2,3)7-14/h14H,5-7H2,1-4H3,(H2,11,12,15,16). The minimum Gasteiger partial charge on any atom is -0.394 e. The number of hydrogen-bond acceptors (Lipinski definition) is 4. The largest absolute Gasteiger partial charge is 0.394 e. The van der Waals surface area contributed by atoms with Crippen LogP contribution in [0, 0.1) is 0 Å². The molecule has 3 N–H and O–H groups in total. The molecule has 0 radical (unpaired) electrons. The molecule has 6 nitrogen and oxygen atoms in total. The van der Waals surface area contributed by atoms with Crippen LogP contribution in [-0.2, 0) is 4.79 Å². The molecule has 0 aromatic rings. The number of imide groups is 1. The van der Waals surface area contributed by atoms with Crippen LogP contribution in [0.2, 0.25) is 0 Å². The molecular weight excluding hydrogens is 210 g/mol. The van der Waals surface area contributed by atoms with Crippen LogP contribution in [0.15, 0.2) is 0 Å². The summed E-state index contributed by atoms with van der Waals surface area (Å²) in [6.45, 7) is 5.86. The zero-order valence-electron chi connectivity index (χ0n) is 10.3. The number of carbonyl (C=O) groups excluding carboxylic acids is 2. The highest BCUT2D eigenvalue weighted by molar-refractivity contribution is 5.95. The lowest BCUT2D eigenvalue weighted by molar-refractivity contribution is -0.122. The summed E-state index contributed by atoms with van der Waals surface area (Å²) < 4.78 is 0. The average molecular weight is 231 g/mol. The summed E-state index contributed by atoms with van der Waals surface area (Å²) in [6, 6.07) is -0.497. The molecule has 6 heteroatoms. The Morgan fingerprint density at radius 3 is 2.38 bits per heavy atom. The second-order valence-corrected chi connectivity index (χ2v) is 4.23. The number of amides is 3. The third kappa shape index (κ3) is 5.09. The molecule has 0 aromatic carbocycles. The van der Waals surface area contributed by atoms with Crippen molar-refractivity contribution in [3.8, 4) is 0 Å². The molecule has 0 saturated heterocycles. The molecular formula is C10H21N3O3. The van der Waals surface area contributed by atoms with E-state index in [1.165, 1.54) is 0 Å². The van der Waals surface area contributed by atoms with Crippen LogP contribution in [0.25, 0.3) is 0 Å². The SMILES string of the molecule is CCNC(=O)NC(=O)CN(C)C(C)(C)CO. The van der Waals surface area contributed by atoms with Gasteiger partial charge in [0.15, 0.2) is 0 Å². The maximum absolute atomic E-state index is 11.4. The molecule has 0 rings (SSSR count). The highest BCUT2D eigenvalue weighted by Gasteiger charge is 2.24. The van der Waals surface area contributed by atoms with Crippen molar-refractivity contribution in [2.24, 2.45) is 0 Å². The molecule has 0 atom stereocenters. The number of aliphatic hydroxyl groups is 1. The number of aliphatic hydroxyl groups excluding tert-OH is 1. The fourth-order valence-corrected chi connectivity index (χ4v) is 0.921. The van der Waals surface area contributed by atoms with E-state index in [1.807, 2.05) is 13.8 Å². The van der Waals surface area contributed by atoms with Gasteiger partial charge in [-0.1, -0.05) is 0 Å². The van der Waals surface area contributed by atoms with Gasteiger partial charge in [0.1, 0.15) is 0 Å². The monoisotopic (exact) mass is 231 g/mol. The van der Waals surface area contributed by atoms with Crippen molar-refractivity contribution in [1.29, 1.82) is 0 Å². The number of rotatable bonds is 5. The minimum atomic E-state index is -0.497. The lowest BCUT2D eigenvalue weighted by Crippen LogP contribution is -2.50. The van der Waals surface area contributed by atoms with Gasteiger partial charge in [-0.3, -0.25) is 15.0 Å². The number of nitrogens with zero attached hydrogens (tertiary/aromatic N) is 1. The lowest BCUT2D eigenvalue weighted by Gasteiger charge is -2.33. The molecule has 0 saturated carbocycles. The van der Waals surface area contributed by atoms with E-state index < -0.39 is 17.5 Å². The molecule has 0 aliphatic rings. The topological polar surface area (TPSA) is 81.7 Å². The van der Waals surface area contributed by atoms with Gasteiger partial charge < -0.3 is 10.4 Å². The Bertz CT molecular complexity index is 254. The van der Waals surface area contributed by atoms with Crippen molar-refractivity contribution in [3.63, 3.8) is 0 Å². The van der Waals surface area contributed by atoms with Crippen molar-refractivity contribution >= 4 is 11.9 Å². The van der Waals surface area contributed by atoms with Crippen molar-refractivity contribution < 1.29 is 14.7 Å². The van der Waals surface area contributed by atoms with E-state index in [4.69, 9.17) is 5.11 Å². The van der Waals surface area contributed by atoms with Crippen molar-refractivity contribution in [3.05, 3.63) is 0 Å². The summed E-state index contributed by atoms with van der Waals surface area (Å²) in [5, 5.41) is 13.8. The van der Waals surface area contributed by atoms with Crippen LogP contribution in [0.5, 0.6) is 0 Å². The van der Waals surface area contributed by atoms with E-state index in [1.54, 1.807) is 18.9 Å². The van der Waals surface area contributed by atoms with E-state index in [0.717, 1.165) is 0 Å². The van der Waals surface area contributed by atoms with E-state index in [0.29, 0.717) is 6.54 Å². The second kappa shape index (κ2) is 6.44. The second-order valence-electron chi connectivity index (χ2n) is 4.23. The molecule has 0 unspecified atom stereocenters. The lowest BCUT2D eigenvalue weighted by atomic mass is 10.1. The number of carbonyl (C=O) groups is 2. The molecule has 0 bridgehead atoms. The first-order chi connectivity index (χ1) is 7.33. The Hall–Kier alpha value is -1.14. The van der Waals surface area contributed by atoms with Crippen LogP contribution in [0.1, 0.15) is 20.8 Å². The van der Waals surface area contributed by atoms with Crippen molar-refractivity contribution in [2.45, 2.75) is 26.3 Å². The fourth-order valence-electron chi connectivity index (χ4n) is 0.921. The molecule has 94 valence electrons. The van der Waals surface area contributed by atoms with E-state index in [-0.39, 0.29) is 13.2 Å². The summed E-state index contributed by atoms with van der Waals surface area (Å²) in [6.07, 6.45) is 0. The molecule has 0 spiro atoms. The van der Waals surface area contributed by atoms with Gasteiger partial charge in [0, 0.05) is 12.1 Å². The summed E-state index contributed by atoms with van der Waals surface area (Å²) in [5.74, 6) is -0.394. The molecule has 0 aliphatic heterocycles. The molecule has 0 fully saturated rings. The summed E-state index contributed by atoms with van der Waals surface area (Å²) in [7, 11) is 1.72. The van der Waals surface area contributed by atoms with Crippen LogP contribution in [-0.4, -0.2) is 54.2 Å². The van der Waals surface area contributed by atoms with Crippen molar-refractivity contribution in [2.75, 3.05) is 26.7 Å². The number of likely N-dealkylation sites (N-methyl/N-ethyl adjacent to an activating group) is 1. The van der Waals surface area contributed by atoms with Gasteiger partial charge in [-0.15, -0.1) is 0 Å². The van der Waals surface area contributed by atoms with E-state index in [9.17, 15) is 9.59 Å². The number of nitrogens with one attached hydrogen (secondary N) is 2. The minimum absolute atomic E-state index is 0.0576. The molecule has 0 aromatic heterocycles. The zero-order valence-corrected chi connectivity index (χ0v) is 10.3. The number of urea groups is 1. The molecule has 0 aliphatic carbocycles. The van der Waals surface area contributed by atoms with Gasteiger partial charge in [-0.05, 0) is 27.8 Å². The average Bonchev–Trinajstić information content (AvgIpc) is 2.17. The quantitative estimate of drug-likeness (QED) is 0.598. The Labute approximate surface area is 96.0 Å². The maximum atomic E-state index is 11.4. The van der Waals surface area contributed by atoms with Gasteiger partial charge in [-0.2, -0.15) is 0 Å². The smallest absolute Gasteiger partial charge is 0.321 e. The third-order valence-electron chi connectivity index (χ3n) is 2.39. The predicted octanol–water partition coefficient (Wildman–Crippen LogP) is -0.465. The Kier molecular flexibility index (Phi) is 5.98. The summed E-state index contributed by atoms with van der Waals surface area (Å²) in [5.41, 5.74) is -0.488. The summed E-state index contributed by atoms with van der Waals surface area (Å²) in [4.78, 5) is 24.1. The van der Waals surface area contributed by atoms with E-state index in [2.05, 4.69) is 10.6 Å². The van der Waals surface area contributed by atoms with Gasteiger partial charge in [0.2, 0.25) is 5.91 Å². The van der Waals surface area contributed by atoms with E-state index >= 15 is 0 Å². The van der Waals surface area contributed by atoms with Crippen LogP contribution >= 0.6 is 0 Å². The van der Waals surface area contributed by atoms with Gasteiger partial charge in [-0.25, -0.2) is 4.79 Å². The Balaban J connectivity index is 4.10. The molecule has 16 heavy (non-hydrogen) atoms. The van der Waals surface area contributed by atoms with Crippen LogP contribution < -0.4 is 10.6 Å². The highest BCUT2D eigenvalue weighted by atomic mass is 16.3. The predicted molar refractivity (Wildman–Crippen MR) is 61.0 cm³/mol. The Morgan fingerprint density at radius 2 is 1.94 bits per heavy atom. The van der Waals surface area contributed by atoms with Gasteiger partial charge in [0.25, 0.3) is 0 Å². The van der Waals surface area contributed by atoms with Gasteiger partial charge >= 0.3 is 6.03 Å². The normalized spacial score (nSPS) is 11.4. The van der Waals surface area contributed by atoms with Crippen LogP contribution in [0.4, 0.5) is 4.79 Å². The first-order valence-corrected chi connectivity index (χ1v) is 5.23. The summed E-state index contributed by atoms with van der Waals surface area (Å²) >= 11 is 0. The number of hydrogen-bond donors (Lipinski definition) is 3. The van der Waals surface area contributed by atoms with Crippen LogP contribution in [0.3, 0.4) is 0 Å². The molecule has 0 heterocycles. The maximum Gasteiger partial charge on any atom is 0.321 e. The zero-order chi connectivity index (χ0) is 12.8. The van der Waals surface area contributed by atoms with Crippen molar-refractivity contribution in [1.82, 2.24) is 15.5 Å². The molecule has 3 amide bonds. The fraction of sp³-hybridized carbons (Fsp3) is 0.800.